The van der Waals surface area contributed by atoms with Crippen LogP contribution in [-0.2, 0) is 11.2 Å². The van der Waals surface area contributed by atoms with Crippen molar-refractivity contribution in [2.24, 2.45) is 0 Å². The summed E-state index contributed by atoms with van der Waals surface area (Å²) in [6, 6.07) is 14.9. The standard InChI is InChI=1S/C19H22ClNO3/c1-3-15-4-8-17(9-5-15)23-13-12-21-19(22)14(2)24-18-10-6-16(20)7-11-18/h4-11,14H,3,12-13H2,1-2H3,(H,21,22)/t14-/m1/s1. The van der Waals surface area contributed by atoms with Crippen LogP contribution in [0.1, 0.15) is 19.4 Å². The Labute approximate surface area is 147 Å². The van der Waals surface area contributed by atoms with Gasteiger partial charge in [0.1, 0.15) is 18.1 Å². The van der Waals surface area contributed by atoms with Gasteiger partial charge in [-0.25, -0.2) is 0 Å². The molecule has 0 aromatic heterocycles. The van der Waals surface area contributed by atoms with Crippen molar-refractivity contribution >= 4 is 17.5 Å². The molecule has 0 aliphatic rings. The van der Waals surface area contributed by atoms with Crippen molar-refractivity contribution in [2.75, 3.05) is 13.2 Å². The van der Waals surface area contributed by atoms with Crippen LogP contribution >= 0.6 is 11.6 Å². The Morgan fingerprint density at radius 2 is 1.71 bits per heavy atom. The van der Waals surface area contributed by atoms with Crippen molar-refractivity contribution in [1.82, 2.24) is 5.32 Å². The molecule has 4 nitrogen and oxygen atoms in total. The Morgan fingerprint density at radius 1 is 1.08 bits per heavy atom. The number of rotatable bonds is 8. The van der Waals surface area contributed by atoms with Crippen LogP contribution in [-0.4, -0.2) is 25.2 Å². The van der Waals surface area contributed by atoms with Crippen LogP contribution < -0.4 is 14.8 Å². The predicted octanol–water partition coefficient (Wildman–Crippen LogP) is 3.86. The monoisotopic (exact) mass is 347 g/mol. The lowest BCUT2D eigenvalue weighted by atomic mass is 10.2. The van der Waals surface area contributed by atoms with Gasteiger partial charge < -0.3 is 14.8 Å². The zero-order valence-electron chi connectivity index (χ0n) is 13.9. The van der Waals surface area contributed by atoms with Crippen LogP contribution in [0.5, 0.6) is 11.5 Å². The molecule has 5 heteroatoms. The van der Waals surface area contributed by atoms with E-state index in [1.165, 1.54) is 5.56 Å². The molecular weight excluding hydrogens is 326 g/mol. The first-order valence-electron chi connectivity index (χ1n) is 8.00. The summed E-state index contributed by atoms with van der Waals surface area (Å²) in [7, 11) is 0. The maximum Gasteiger partial charge on any atom is 0.260 e. The lowest BCUT2D eigenvalue weighted by molar-refractivity contribution is -0.127. The minimum absolute atomic E-state index is 0.185. The van der Waals surface area contributed by atoms with Crippen LogP contribution in [0.15, 0.2) is 48.5 Å². The van der Waals surface area contributed by atoms with Crippen molar-refractivity contribution in [3.63, 3.8) is 0 Å². The molecule has 0 saturated carbocycles. The molecule has 0 aliphatic heterocycles. The number of carbonyl (C=O) groups is 1. The van der Waals surface area contributed by atoms with Gasteiger partial charge in [-0.1, -0.05) is 30.7 Å². The lowest BCUT2D eigenvalue weighted by Gasteiger charge is -2.15. The summed E-state index contributed by atoms with van der Waals surface area (Å²) in [6.45, 7) is 4.64. The second kappa shape index (κ2) is 9.18. The van der Waals surface area contributed by atoms with Gasteiger partial charge in [0.15, 0.2) is 6.10 Å². The fourth-order valence-electron chi connectivity index (χ4n) is 2.08. The highest BCUT2D eigenvalue weighted by atomic mass is 35.5. The fraction of sp³-hybridized carbons (Fsp3) is 0.316. The van der Waals surface area contributed by atoms with E-state index in [0.717, 1.165) is 12.2 Å². The summed E-state index contributed by atoms with van der Waals surface area (Å²) in [5.41, 5.74) is 1.27. The Hall–Kier alpha value is -2.20. The number of hydrogen-bond acceptors (Lipinski definition) is 3. The number of halogens is 1. The van der Waals surface area contributed by atoms with Crippen LogP contribution in [0.2, 0.25) is 5.02 Å². The van der Waals surface area contributed by atoms with Gasteiger partial charge in [-0.05, 0) is 55.3 Å². The van der Waals surface area contributed by atoms with Crippen molar-refractivity contribution in [3.8, 4) is 11.5 Å². The van der Waals surface area contributed by atoms with Crippen molar-refractivity contribution in [3.05, 3.63) is 59.1 Å². The Kier molecular flexibility index (Phi) is 6.94. The molecule has 0 saturated heterocycles. The van der Waals surface area contributed by atoms with Gasteiger partial charge in [0.05, 0.1) is 6.54 Å². The number of benzene rings is 2. The average molecular weight is 348 g/mol. The number of hydrogen-bond donors (Lipinski definition) is 1. The maximum absolute atomic E-state index is 12.0. The number of aryl methyl sites for hydroxylation is 1. The Bertz CT molecular complexity index is 641. The molecule has 24 heavy (non-hydrogen) atoms. The van der Waals surface area contributed by atoms with E-state index < -0.39 is 6.10 Å². The van der Waals surface area contributed by atoms with Crippen molar-refractivity contribution in [1.29, 1.82) is 0 Å². The minimum Gasteiger partial charge on any atom is -0.492 e. The second-order valence-corrected chi connectivity index (χ2v) is 5.79. The normalized spacial score (nSPS) is 11.6. The number of carbonyl (C=O) groups excluding carboxylic acids is 1. The van der Waals surface area contributed by atoms with Crippen LogP contribution in [0.4, 0.5) is 0 Å². The third-order valence-electron chi connectivity index (χ3n) is 3.50. The van der Waals surface area contributed by atoms with E-state index in [2.05, 4.69) is 12.2 Å². The Balaban J connectivity index is 1.69. The smallest absolute Gasteiger partial charge is 0.260 e. The maximum atomic E-state index is 12.0. The first-order chi connectivity index (χ1) is 11.6. The fourth-order valence-corrected chi connectivity index (χ4v) is 2.21. The highest BCUT2D eigenvalue weighted by Crippen LogP contribution is 2.16. The van der Waals surface area contributed by atoms with Gasteiger partial charge in [0.2, 0.25) is 0 Å². The average Bonchev–Trinajstić information content (AvgIpc) is 2.61. The van der Waals surface area contributed by atoms with Gasteiger partial charge in [0.25, 0.3) is 5.91 Å². The lowest BCUT2D eigenvalue weighted by Crippen LogP contribution is -2.38. The van der Waals surface area contributed by atoms with Gasteiger partial charge in [-0.2, -0.15) is 0 Å². The highest BCUT2D eigenvalue weighted by molar-refractivity contribution is 6.30. The largest absolute Gasteiger partial charge is 0.492 e. The molecular formula is C19H22ClNO3. The second-order valence-electron chi connectivity index (χ2n) is 5.35. The summed E-state index contributed by atoms with van der Waals surface area (Å²) in [5.74, 6) is 1.22. The molecule has 1 amide bonds. The number of amides is 1. The van der Waals surface area contributed by atoms with Crippen molar-refractivity contribution < 1.29 is 14.3 Å². The minimum atomic E-state index is -0.588. The third-order valence-corrected chi connectivity index (χ3v) is 3.75. The first-order valence-corrected chi connectivity index (χ1v) is 8.38. The van der Waals surface area contributed by atoms with Gasteiger partial charge in [-0.3, -0.25) is 4.79 Å². The third kappa shape index (κ3) is 5.78. The molecule has 0 fully saturated rings. The molecule has 2 aromatic carbocycles. The van der Waals surface area contributed by atoms with E-state index in [1.54, 1.807) is 31.2 Å². The summed E-state index contributed by atoms with van der Waals surface area (Å²) < 4.78 is 11.2. The van der Waals surface area contributed by atoms with Crippen LogP contribution in [0.25, 0.3) is 0 Å². The molecule has 0 unspecified atom stereocenters. The Morgan fingerprint density at radius 3 is 2.33 bits per heavy atom. The van der Waals surface area contributed by atoms with E-state index >= 15 is 0 Å². The summed E-state index contributed by atoms with van der Waals surface area (Å²) in [4.78, 5) is 12.0. The molecule has 0 heterocycles. The molecule has 2 rings (SSSR count). The van der Waals surface area contributed by atoms with E-state index in [0.29, 0.717) is 23.9 Å². The molecule has 2 aromatic rings. The van der Waals surface area contributed by atoms with E-state index in [1.807, 2.05) is 24.3 Å². The van der Waals surface area contributed by atoms with Gasteiger partial charge in [0, 0.05) is 5.02 Å². The number of ether oxygens (including phenoxy) is 2. The van der Waals surface area contributed by atoms with Gasteiger partial charge >= 0.3 is 0 Å². The van der Waals surface area contributed by atoms with E-state index in [9.17, 15) is 4.79 Å². The van der Waals surface area contributed by atoms with Crippen LogP contribution in [0.3, 0.4) is 0 Å². The molecule has 0 radical (unpaired) electrons. The quantitative estimate of drug-likeness (QED) is 0.737. The zero-order chi connectivity index (χ0) is 17.4. The molecule has 1 atom stereocenters. The van der Waals surface area contributed by atoms with E-state index in [4.69, 9.17) is 21.1 Å². The highest BCUT2D eigenvalue weighted by Gasteiger charge is 2.13. The molecule has 1 N–H and O–H groups in total. The zero-order valence-corrected chi connectivity index (χ0v) is 14.7. The summed E-state index contributed by atoms with van der Waals surface area (Å²) >= 11 is 5.81. The molecule has 0 aliphatic carbocycles. The SMILES string of the molecule is CCc1ccc(OCCNC(=O)[C@@H](C)Oc2ccc(Cl)cc2)cc1. The van der Waals surface area contributed by atoms with E-state index in [-0.39, 0.29) is 5.91 Å². The van der Waals surface area contributed by atoms with Crippen LogP contribution in [0, 0.1) is 0 Å². The van der Waals surface area contributed by atoms with Gasteiger partial charge in [-0.15, -0.1) is 0 Å². The number of nitrogens with one attached hydrogen (secondary N) is 1. The molecule has 0 bridgehead atoms. The molecule has 128 valence electrons. The summed E-state index contributed by atoms with van der Waals surface area (Å²) in [6.07, 6.45) is 0.414. The van der Waals surface area contributed by atoms with Crippen molar-refractivity contribution in [2.45, 2.75) is 26.4 Å². The first kappa shape index (κ1) is 18.1. The topological polar surface area (TPSA) is 47.6 Å². The molecule has 0 spiro atoms. The predicted molar refractivity (Wildman–Crippen MR) is 95.9 cm³/mol. The summed E-state index contributed by atoms with van der Waals surface area (Å²) in [5, 5.41) is 3.42.